The van der Waals surface area contributed by atoms with E-state index in [4.69, 9.17) is 4.99 Å². The molecule has 9 rings (SSSR count). The molecule has 3 aliphatic rings. The molecule has 0 radical (unpaired) electrons. The number of carboxylic acids is 1. The molecule has 17 heteroatoms. The highest BCUT2D eigenvalue weighted by Crippen LogP contribution is 2.41. The monoisotopic (exact) mass is 981 g/mol. The van der Waals surface area contributed by atoms with Gasteiger partial charge in [-0.25, -0.2) is 4.98 Å². The number of amides is 3. The molecular weight excluding hydrogens is 923 g/mol. The summed E-state index contributed by atoms with van der Waals surface area (Å²) in [6.45, 7) is 18.4. The molecule has 3 aromatic carbocycles. The van der Waals surface area contributed by atoms with Crippen LogP contribution in [0.25, 0.3) is 15.4 Å². The molecule has 1 fully saturated rings. The number of hydrogen-bond donors (Lipinski definition) is 4. The van der Waals surface area contributed by atoms with Gasteiger partial charge in [0.1, 0.15) is 29.0 Å². The molecule has 4 N–H and O–H groups in total. The maximum Gasteiger partial charge on any atom is 0.308 e. The Morgan fingerprint density at radius 3 is 2.27 bits per heavy atom. The van der Waals surface area contributed by atoms with E-state index in [-0.39, 0.29) is 24.9 Å². The van der Waals surface area contributed by atoms with E-state index < -0.39 is 53.3 Å². The number of hydrogen-bond acceptors (Lipinski definition) is 12. The summed E-state index contributed by atoms with van der Waals surface area (Å²) in [5, 5.41) is 36.8. The van der Waals surface area contributed by atoms with Crippen molar-refractivity contribution < 1.29 is 29.4 Å². The molecule has 15 nitrogen and oxygen atoms in total. The molecule has 3 aromatic heterocycles. The number of aliphatic hydroxyl groups excluding tert-OH is 1. The number of aryl methyl sites for hydroxylation is 3. The largest absolute Gasteiger partial charge is 0.481 e. The number of rotatable bonds is 11. The number of thiophene rings is 1. The number of nitrogens with one attached hydrogen (secondary N) is 2. The highest BCUT2D eigenvalue weighted by Gasteiger charge is 2.45. The van der Waals surface area contributed by atoms with Gasteiger partial charge in [-0.05, 0) is 105 Å². The van der Waals surface area contributed by atoms with Gasteiger partial charge in [-0.15, -0.1) is 32.9 Å². The van der Waals surface area contributed by atoms with Gasteiger partial charge in [0.25, 0.3) is 5.91 Å². The van der Waals surface area contributed by atoms with Crippen molar-refractivity contribution in [3.05, 3.63) is 133 Å². The average molecular weight is 982 g/mol. The van der Waals surface area contributed by atoms with E-state index in [0.29, 0.717) is 29.5 Å². The zero-order valence-electron chi connectivity index (χ0n) is 40.9. The molecule has 70 heavy (non-hydrogen) atoms. The predicted octanol–water partition coefficient (Wildman–Crippen LogP) is 7.85. The minimum atomic E-state index is -0.993. The van der Waals surface area contributed by atoms with Gasteiger partial charge < -0.3 is 30.6 Å². The summed E-state index contributed by atoms with van der Waals surface area (Å²) in [7, 11) is 0. The van der Waals surface area contributed by atoms with Crippen molar-refractivity contribution in [3.63, 3.8) is 0 Å². The number of aliphatic carboxylic acids is 1. The first-order valence-electron chi connectivity index (χ1n) is 23.7. The van der Waals surface area contributed by atoms with Gasteiger partial charge in [0.2, 0.25) is 11.8 Å². The lowest BCUT2D eigenvalue weighted by Gasteiger charge is -2.35. The van der Waals surface area contributed by atoms with Crippen LogP contribution in [-0.2, 0) is 27.3 Å². The Morgan fingerprint density at radius 2 is 1.60 bits per heavy atom. The van der Waals surface area contributed by atoms with Gasteiger partial charge in [-0.2, -0.15) is 0 Å². The van der Waals surface area contributed by atoms with Crippen LogP contribution in [-0.4, -0.2) is 95.5 Å². The minimum Gasteiger partial charge on any atom is -0.481 e. The standard InChI is InChI=1S/C53H59N9O6S2/c1-27-31(5)70-51-42(27)44(56-43(28(2)52(67)68)47-59-58-32(6)62(47)51)35-16-18-39(19-17-35)60-21-20-34-12-15-37(22-38(34)24-60)48(64)57-46(53(7,8)9)50(66)61-25-40(63)23-41(61)49(65)55-29(3)33-10-13-36(14-11-33)45-30(4)54-26-69-45/h10-19,22,26,28-29,40-41,43,46,63H,20-21,23-25H2,1-9H3,(H,55,65)(H,57,64)(H,67,68)/t28?,29-,40+,41-,43-,46+/m0/s1. The highest BCUT2D eigenvalue weighted by molar-refractivity contribution is 7.15. The molecule has 3 aliphatic heterocycles. The van der Waals surface area contributed by atoms with Crippen LogP contribution in [0.2, 0.25) is 0 Å². The number of carbonyl (C=O) groups is 4. The van der Waals surface area contributed by atoms with E-state index in [1.54, 1.807) is 35.7 Å². The van der Waals surface area contributed by atoms with E-state index in [1.165, 1.54) is 4.90 Å². The highest BCUT2D eigenvalue weighted by atomic mass is 32.1. The van der Waals surface area contributed by atoms with Gasteiger partial charge in [-0.1, -0.05) is 63.2 Å². The molecule has 6 heterocycles. The van der Waals surface area contributed by atoms with Gasteiger partial charge >= 0.3 is 5.97 Å². The SMILES string of the molecule is Cc1ncsc1-c1ccc([C@H](C)NC(=O)[C@@H]2C[C@@H](O)CN2C(=O)[C@@H](NC(=O)c2ccc3c(c2)CN(c2ccc(C4=N[C@@H](C(C)C(=O)O)c5nnc(C)n5-c5sc(C)c(C)c54)cc2)CC3)C(C)(C)C)cc1. The van der Waals surface area contributed by atoms with E-state index in [1.807, 2.05) is 100 Å². The number of nitrogens with zero attached hydrogens (tertiary/aromatic N) is 7. The third kappa shape index (κ3) is 9.17. The van der Waals surface area contributed by atoms with Crippen LogP contribution in [0.1, 0.15) is 119 Å². The Balaban J connectivity index is 0.897. The van der Waals surface area contributed by atoms with Crippen molar-refractivity contribution in [2.75, 3.05) is 18.0 Å². The van der Waals surface area contributed by atoms with Crippen molar-refractivity contribution in [2.24, 2.45) is 16.3 Å². The number of carboxylic acid groups (broad SMARTS) is 1. The first-order chi connectivity index (χ1) is 33.3. The zero-order valence-corrected chi connectivity index (χ0v) is 42.5. The number of fused-ring (bicyclic) bond motifs is 4. The summed E-state index contributed by atoms with van der Waals surface area (Å²) >= 11 is 3.20. The molecule has 6 aromatic rings. The lowest BCUT2D eigenvalue weighted by molar-refractivity contribution is -0.142. The van der Waals surface area contributed by atoms with E-state index in [2.05, 4.69) is 56.7 Å². The Labute approximate surface area is 415 Å². The average Bonchev–Trinajstić information content (AvgIpc) is 4.10. The Bertz CT molecular complexity index is 3040. The number of aromatic nitrogens is 4. The molecular formula is C53H59N9O6S2. The van der Waals surface area contributed by atoms with Crippen LogP contribution >= 0.6 is 22.7 Å². The maximum atomic E-state index is 14.5. The Kier molecular flexibility index (Phi) is 13.1. The van der Waals surface area contributed by atoms with Crippen molar-refractivity contribution in [1.82, 2.24) is 35.3 Å². The second-order valence-corrected chi connectivity index (χ2v) is 22.0. The van der Waals surface area contributed by atoms with Crippen molar-refractivity contribution in [3.8, 4) is 15.4 Å². The predicted molar refractivity (Wildman–Crippen MR) is 272 cm³/mol. The fourth-order valence-corrected chi connectivity index (χ4v) is 11.8. The van der Waals surface area contributed by atoms with E-state index in [0.717, 1.165) is 78.0 Å². The Hall–Kier alpha value is -6.56. The number of anilines is 1. The topological polar surface area (TPSA) is 195 Å². The second-order valence-electron chi connectivity index (χ2n) is 19.9. The van der Waals surface area contributed by atoms with Crippen LogP contribution in [0.15, 0.2) is 77.2 Å². The summed E-state index contributed by atoms with van der Waals surface area (Å²) < 4.78 is 1.96. The van der Waals surface area contributed by atoms with Gasteiger partial charge in [0.15, 0.2) is 5.82 Å². The number of aliphatic imine (C=N–C) groups is 1. The fraction of sp³-hybridized carbons (Fsp3) is 0.396. The van der Waals surface area contributed by atoms with Gasteiger partial charge in [0.05, 0.1) is 39.9 Å². The number of likely N-dealkylation sites (tertiary alicyclic amines) is 1. The number of carbonyl (C=O) groups excluding carboxylic acids is 3. The number of β-amino-alcohol motifs (C(OH)–C–C–N with tert-alkyl or cyclic N) is 1. The summed E-state index contributed by atoms with van der Waals surface area (Å²) in [6.07, 6.45) is -0.0476. The van der Waals surface area contributed by atoms with Crippen LogP contribution in [0.3, 0.4) is 0 Å². The van der Waals surface area contributed by atoms with Gasteiger partial charge in [-0.3, -0.25) is 28.7 Å². The fourth-order valence-electron chi connectivity index (χ4n) is 9.80. The normalized spacial score (nSPS) is 19.0. The lowest BCUT2D eigenvalue weighted by atomic mass is 9.85. The smallest absolute Gasteiger partial charge is 0.308 e. The molecule has 364 valence electrons. The summed E-state index contributed by atoms with van der Waals surface area (Å²) in [5.41, 5.74) is 11.1. The molecule has 0 saturated carbocycles. The first kappa shape index (κ1) is 48.5. The van der Waals surface area contributed by atoms with Crippen LogP contribution in [0, 0.1) is 39.0 Å². The summed E-state index contributed by atoms with van der Waals surface area (Å²) in [5.74, 6) is -1.84. The molecule has 1 unspecified atom stereocenters. The summed E-state index contributed by atoms with van der Waals surface area (Å²) in [6, 6.07) is 18.8. The number of aliphatic hydroxyl groups is 1. The minimum absolute atomic E-state index is 0.0252. The molecule has 0 bridgehead atoms. The molecule has 0 spiro atoms. The lowest BCUT2D eigenvalue weighted by Crippen LogP contribution is -2.57. The van der Waals surface area contributed by atoms with Crippen LogP contribution in [0.5, 0.6) is 0 Å². The van der Waals surface area contributed by atoms with Crippen LogP contribution < -0.4 is 15.5 Å². The molecule has 6 atom stereocenters. The van der Waals surface area contributed by atoms with Crippen molar-refractivity contribution in [2.45, 2.75) is 112 Å². The first-order valence-corrected chi connectivity index (χ1v) is 25.4. The quantitative estimate of drug-likeness (QED) is 0.0993. The van der Waals surface area contributed by atoms with Gasteiger partial charge in [0, 0.05) is 53.3 Å². The molecule has 3 amide bonds. The molecule has 0 aliphatic carbocycles. The third-order valence-corrected chi connectivity index (χ3v) is 16.2. The zero-order chi connectivity index (χ0) is 49.9. The Morgan fingerprint density at radius 1 is 0.886 bits per heavy atom. The van der Waals surface area contributed by atoms with Crippen molar-refractivity contribution >= 4 is 57.8 Å². The van der Waals surface area contributed by atoms with Crippen molar-refractivity contribution in [1.29, 1.82) is 0 Å². The second kappa shape index (κ2) is 19.0. The number of benzene rings is 3. The van der Waals surface area contributed by atoms with Crippen LogP contribution in [0.4, 0.5) is 5.69 Å². The number of thiazole rings is 1. The van der Waals surface area contributed by atoms with E-state index >= 15 is 0 Å². The third-order valence-electron chi connectivity index (χ3n) is 14.1. The van der Waals surface area contributed by atoms with E-state index in [9.17, 15) is 29.4 Å². The summed E-state index contributed by atoms with van der Waals surface area (Å²) in [4.78, 5) is 70.4. The molecule has 1 saturated heterocycles. The maximum absolute atomic E-state index is 14.5.